The second-order valence-electron chi connectivity index (χ2n) is 4.66. The molecule has 0 spiro atoms. The molecule has 0 fully saturated rings. The van der Waals surface area contributed by atoms with Crippen molar-refractivity contribution in [1.82, 2.24) is 9.71 Å². The zero-order chi connectivity index (χ0) is 15.7. The van der Waals surface area contributed by atoms with E-state index in [1.54, 1.807) is 31.3 Å². The lowest BCUT2D eigenvalue weighted by Gasteiger charge is -2.15. The highest BCUT2D eigenvalue weighted by molar-refractivity contribution is 7.89. The van der Waals surface area contributed by atoms with E-state index in [-0.39, 0.29) is 4.90 Å². The minimum absolute atomic E-state index is 0.0796. The largest absolute Gasteiger partial charge is 0.325 e. The first-order valence-electron chi connectivity index (χ1n) is 6.19. The van der Waals surface area contributed by atoms with Crippen LogP contribution in [-0.2, 0) is 10.0 Å². The first-order chi connectivity index (χ1) is 9.77. The second-order valence-corrected chi connectivity index (χ2v) is 6.40. The third-order valence-electron chi connectivity index (χ3n) is 3.04. The van der Waals surface area contributed by atoms with E-state index in [9.17, 15) is 17.2 Å². The van der Waals surface area contributed by atoms with E-state index in [2.05, 4.69) is 4.98 Å². The summed E-state index contributed by atoms with van der Waals surface area (Å²) in [6, 6.07) is 6.15. The summed E-state index contributed by atoms with van der Waals surface area (Å²) >= 11 is 0. The van der Waals surface area contributed by atoms with Gasteiger partial charge in [0, 0.05) is 11.6 Å². The third-order valence-corrected chi connectivity index (χ3v) is 4.50. The minimum atomic E-state index is -4.07. The predicted octanol–water partition coefficient (Wildman–Crippen LogP) is 1.42. The maximum Gasteiger partial charge on any atom is 0.273 e. The zero-order valence-corrected chi connectivity index (χ0v) is 12.1. The van der Waals surface area contributed by atoms with Crippen molar-refractivity contribution >= 4 is 20.9 Å². The van der Waals surface area contributed by atoms with Gasteiger partial charge < -0.3 is 5.73 Å². The van der Waals surface area contributed by atoms with Gasteiger partial charge in [0.1, 0.15) is 0 Å². The fraction of sp³-hybridized carbons (Fsp3) is 0.308. The highest BCUT2D eigenvalue weighted by atomic mass is 32.2. The number of rotatable bonds is 5. The number of nitrogens with two attached hydrogens (primary N) is 1. The van der Waals surface area contributed by atoms with Gasteiger partial charge in [-0.15, -0.1) is 0 Å². The summed E-state index contributed by atoms with van der Waals surface area (Å²) < 4.78 is 52.5. The molecule has 5 nitrogen and oxygen atoms in total. The molecule has 0 aliphatic heterocycles. The Kier molecular flexibility index (Phi) is 4.22. The predicted molar refractivity (Wildman–Crippen MR) is 75.7 cm³/mol. The van der Waals surface area contributed by atoms with Gasteiger partial charge in [-0.25, -0.2) is 21.9 Å². The number of alkyl halides is 2. The summed E-state index contributed by atoms with van der Waals surface area (Å²) in [6.45, 7) is -0.172. The van der Waals surface area contributed by atoms with Crippen LogP contribution in [0, 0.1) is 6.92 Å². The number of hydrogen-bond donors (Lipinski definition) is 2. The van der Waals surface area contributed by atoms with E-state index in [1.807, 2.05) is 4.72 Å². The number of pyridine rings is 1. The van der Waals surface area contributed by atoms with Crippen LogP contribution in [0.1, 0.15) is 5.56 Å². The van der Waals surface area contributed by atoms with Crippen LogP contribution in [0.25, 0.3) is 10.9 Å². The highest BCUT2D eigenvalue weighted by Crippen LogP contribution is 2.24. The third kappa shape index (κ3) is 3.34. The summed E-state index contributed by atoms with van der Waals surface area (Å²) in [5.74, 6) is -3.29. The summed E-state index contributed by atoms with van der Waals surface area (Å²) in [6.07, 6.45) is 1.54. The van der Waals surface area contributed by atoms with Crippen molar-refractivity contribution < 1.29 is 17.2 Å². The smallest absolute Gasteiger partial charge is 0.273 e. The maximum atomic E-state index is 13.1. The van der Waals surface area contributed by atoms with E-state index in [4.69, 9.17) is 5.73 Å². The number of fused-ring (bicyclic) bond motifs is 1. The lowest BCUT2D eigenvalue weighted by Crippen LogP contribution is -2.41. The molecule has 114 valence electrons. The van der Waals surface area contributed by atoms with Crippen molar-refractivity contribution in [1.29, 1.82) is 0 Å². The first-order valence-corrected chi connectivity index (χ1v) is 7.67. The number of sulfonamides is 1. The van der Waals surface area contributed by atoms with Crippen LogP contribution in [0.5, 0.6) is 0 Å². The van der Waals surface area contributed by atoms with Crippen LogP contribution in [0.2, 0.25) is 0 Å². The van der Waals surface area contributed by atoms with Gasteiger partial charge in [-0.2, -0.15) is 0 Å². The Hall–Kier alpha value is -1.64. The van der Waals surface area contributed by atoms with Crippen molar-refractivity contribution in [2.75, 3.05) is 13.1 Å². The Morgan fingerprint density at radius 1 is 1.33 bits per heavy atom. The summed E-state index contributed by atoms with van der Waals surface area (Å²) in [5, 5.41) is 0.390. The topological polar surface area (TPSA) is 85.1 Å². The quantitative estimate of drug-likeness (QED) is 0.874. The number of halogens is 2. The Morgan fingerprint density at radius 3 is 2.71 bits per heavy atom. The average Bonchev–Trinajstić information content (AvgIpc) is 2.46. The lowest BCUT2D eigenvalue weighted by atomic mass is 10.1. The van der Waals surface area contributed by atoms with E-state index in [0.29, 0.717) is 10.9 Å². The van der Waals surface area contributed by atoms with Gasteiger partial charge in [-0.1, -0.05) is 6.07 Å². The lowest BCUT2D eigenvalue weighted by molar-refractivity contribution is 0.0170. The average molecular weight is 315 g/mol. The highest BCUT2D eigenvalue weighted by Gasteiger charge is 2.30. The minimum Gasteiger partial charge on any atom is -0.325 e. The van der Waals surface area contributed by atoms with Crippen LogP contribution in [0.4, 0.5) is 8.78 Å². The van der Waals surface area contributed by atoms with Gasteiger partial charge in [-0.05, 0) is 30.7 Å². The molecule has 0 amide bonds. The zero-order valence-electron chi connectivity index (χ0n) is 11.3. The monoisotopic (exact) mass is 315 g/mol. The second kappa shape index (κ2) is 5.63. The molecule has 0 unspecified atom stereocenters. The molecule has 0 bridgehead atoms. The van der Waals surface area contributed by atoms with Crippen LogP contribution in [-0.4, -0.2) is 32.4 Å². The number of hydrogen-bond acceptors (Lipinski definition) is 4. The molecule has 1 heterocycles. The standard InChI is InChI=1S/C13H15F2N3O2S/c1-9-4-5-11(10-3-2-6-17-12(9)10)21(19,20)18-8-13(14,15)7-16/h2-6,18H,7-8,16H2,1H3. The molecule has 0 saturated carbocycles. The molecule has 0 radical (unpaired) electrons. The summed E-state index contributed by atoms with van der Waals surface area (Å²) in [7, 11) is -4.07. The fourth-order valence-corrected chi connectivity index (χ4v) is 3.13. The van der Waals surface area contributed by atoms with Crippen LogP contribution < -0.4 is 10.5 Å². The van der Waals surface area contributed by atoms with Gasteiger partial charge in [-0.3, -0.25) is 4.98 Å². The van der Waals surface area contributed by atoms with E-state index < -0.39 is 29.0 Å². The first kappa shape index (κ1) is 15.7. The van der Waals surface area contributed by atoms with Crippen molar-refractivity contribution in [2.24, 2.45) is 5.73 Å². The van der Waals surface area contributed by atoms with Crippen LogP contribution in [0.15, 0.2) is 35.4 Å². The molecule has 0 aliphatic carbocycles. The summed E-state index contributed by atoms with van der Waals surface area (Å²) in [4.78, 5) is 4.04. The maximum absolute atomic E-state index is 13.1. The molecule has 1 aromatic heterocycles. The number of nitrogens with one attached hydrogen (secondary N) is 1. The molecule has 2 aromatic rings. The summed E-state index contributed by atoms with van der Waals surface area (Å²) in [5.41, 5.74) is 6.21. The van der Waals surface area contributed by atoms with Gasteiger partial charge >= 0.3 is 0 Å². The number of nitrogens with zero attached hydrogens (tertiary/aromatic N) is 1. The van der Waals surface area contributed by atoms with Crippen molar-refractivity contribution in [3.05, 3.63) is 36.0 Å². The van der Waals surface area contributed by atoms with E-state index in [1.165, 1.54) is 6.07 Å². The Balaban J connectivity index is 2.44. The molecule has 0 aliphatic rings. The number of aryl methyl sites for hydroxylation is 1. The molecular weight excluding hydrogens is 300 g/mol. The SMILES string of the molecule is Cc1ccc(S(=O)(=O)NCC(F)(F)CN)c2cccnc12. The fourth-order valence-electron chi connectivity index (χ4n) is 1.87. The van der Waals surface area contributed by atoms with Crippen molar-refractivity contribution in [3.8, 4) is 0 Å². The van der Waals surface area contributed by atoms with Gasteiger partial charge in [0.15, 0.2) is 0 Å². The van der Waals surface area contributed by atoms with Crippen molar-refractivity contribution in [3.63, 3.8) is 0 Å². The molecule has 0 saturated heterocycles. The number of aromatic nitrogens is 1. The normalized spacial score (nSPS) is 12.8. The molecule has 21 heavy (non-hydrogen) atoms. The molecule has 3 N–H and O–H groups in total. The van der Waals surface area contributed by atoms with Crippen molar-refractivity contribution in [2.45, 2.75) is 17.7 Å². The molecule has 0 atom stereocenters. The van der Waals surface area contributed by atoms with Gasteiger partial charge in [0.25, 0.3) is 5.92 Å². The van der Waals surface area contributed by atoms with Gasteiger partial charge in [0.2, 0.25) is 10.0 Å². The Labute approximate surface area is 121 Å². The molecule has 8 heteroatoms. The number of benzene rings is 1. The molecule has 2 rings (SSSR count). The van der Waals surface area contributed by atoms with E-state index in [0.717, 1.165) is 5.56 Å². The Morgan fingerprint density at radius 2 is 2.05 bits per heavy atom. The van der Waals surface area contributed by atoms with E-state index >= 15 is 0 Å². The van der Waals surface area contributed by atoms with Crippen LogP contribution >= 0.6 is 0 Å². The Bertz CT molecular complexity index is 763. The molecule has 1 aromatic carbocycles. The van der Waals surface area contributed by atoms with Crippen LogP contribution in [0.3, 0.4) is 0 Å². The molecular formula is C13H15F2N3O2S. The van der Waals surface area contributed by atoms with Gasteiger partial charge in [0.05, 0.1) is 23.5 Å².